The number of nitrogens with zero attached hydrogens (tertiary/aromatic N) is 2. The lowest BCUT2D eigenvalue weighted by atomic mass is 10.2. The Morgan fingerprint density at radius 3 is 2.88 bits per heavy atom. The molecule has 1 heterocycles. The molecule has 0 spiro atoms. The fourth-order valence-electron chi connectivity index (χ4n) is 1.20. The molecule has 0 aliphatic carbocycles. The number of aryl methyl sites for hydroxylation is 1. The van der Waals surface area contributed by atoms with Crippen LogP contribution in [0.25, 0.3) is 0 Å². The fourth-order valence-corrected chi connectivity index (χ4v) is 1.20. The largest absolute Gasteiger partial charge is 0.436 e. The molecule has 0 aliphatic rings. The van der Waals surface area contributed by atoms with Crippen molar-refractivity contribution in [3.05, 3.63) is 42.1 Å². The van der Waals surface area contributed by atoms with Crippen molar-refractivity contribution in [2.75, 3.05) is 5.73 Å². The second-order valence-electron chi connectivity index (χ2n) is 3.29. The number of hydrogen-bond donors (Lipinski definition) is 1. The van der Waals surface area contributed by atoms with E-state index in [4.69, 9.17) is 10.5 Å². The first-order chi connectivity index (χ1) is 7.66. The van der Waals surface area contributed by atoms with Crippen LogP contribution < -0.4 is 10.5 Å². The first-order valence-electron chi connectivity index (χ1n) is 4.66. The van der Waals surface area contributed by atoms with Gasteiger partial charge in [-0.15, -0.1) is 0 Å². The van der Waals surface area contributed by atoms with Crippen molar-refractivity contribution in [3.8, 4) is 11.6 Å². The number of benzene rings is 1. The second kappa shape index (κ2) is 4.14. The summed E-state index contributed by atoms with van der Waals surface area (Å²) in [7, 11) is 0. The maximum atomic E-state index is 13.5. The van der Waals surface area contributed by atoms with Gasteiger partial charge >= 0.3 is 0 Å². The van der Waals surface area contributed by atoms with E-state index in [0.29, 0.717) is 5.69 Å². The van der Waals surface area contributed by atoms with E-state index in [1.165, 1.54) is 24.7 Å². The maximum Gasteiger partial charge on any atom is 0.222 e. The van der Waals surface area contributed by atoms with Gasteiger partial charge in [0, 0.05) is 24.0 Å². The Hall–Kier alpha value is -2.17. The molecule has 0 saturated heterocycles. The summed E-state index contributed by atoms with van der Waals surface area (Å²) in [6.07, 6.45) is 2.85. The summed E-state index contributed by atoms with van der Waals surface area (Å²) >= 11 is 0. The lowest BCUT2D eigenvalue weighted by molar-refractivity contribution is 0.426. The number of nitrogen functional groups attached to an aromatic ring is 1. The van der Waals surface area contributed by atoms with Crippen molar-refractivity contribution in [2.45, 2.75) is 6.92 Å². The smallest absolute Gasteiger partial charge is 0.222 e. The molecule has 5 heteroatoms. The molecule has 0 unspecified atom stereocenters. The minimum Gasteiger partial charge on any atom is -0.436 e. The van der Waals surface area contributed by atoms with E-state index in [1.54, 1.807) is 13.0 Å². The van der Waals surface area contributed by atoms with Crippen molar-refractivity contribution < 1.29 is 9.13 Å². The monoisotopic (exact) mass is 219 g/mol. The topological polar surface area (TPSA) is 61.0 Å². The van der Waals surface area contributed by atoms with Crippen LogP contribution >= 0.6 is 0 Å². The molecule has 82 valence electrons. The number of halogens is 1. The van der Waals surface area contributed by atoms with E-state index >= 15 is 0 Å². The third-order valence-corrected chi connectivity index (χ3v) is 2.09. The van der Waals surface area contributed by atoms with Crippen molar-refractivity contribution >= 4 is 5.69 Å². The van der Waals surface area contributed by atoms with Gasteiger partial charge in [0.15, 0.2) is 11.6 Å². The van der Waals surface area contributed by atoms with Gasteiger partial charge in [-0.1, -0.05) is 0 Å². The van der Waals surface area contributed by atoms with E-state index in [0.717, 1.165) is 5.56 Å². The molecule has 0 fully saturated rings. The van der Waals surface area contributed by atoms with Crippen LogP contribution in [0, 0.1) is 12.7 Å². The highest BCUT2D eigenvalue weighted by Crippen LogP contribution is 2.26. The Kier molecular flexibility index (Phi) is 2.68. The molecule has 2 N–H and O–H groups in total. The Morgan fingerprint density at radius 1 is 1.38 bits per heavy atom. The van der Waals surface area contributed by atoms with E-state index in [-0.39, 0.29) is 11.6 Å². The molecule has 0 saturated carbocycles. The lowest BCUT2D eigenvalue weighted by Gasteiger charge is -2.07. The van der Waals surface area contributed by atoms with Gasteiger partial charge in [-0.2, -0.15) is 0 Å². The van der Waals surface area contributed by atoms with Crippen molar-refractivity contribution in [3.63, 3.8) is 0 Å². The van der Waals surface area contributed by atoms with Crippen LogP contribution in [0.3, 0.4) is 0 Å². The van der Waals surface area contributed by atoms with Gasteiger partial charge in [0.05, 0.1) is 0 Å². The zero-order valence-corrected chi connectivity index (χ0v) is 8.64. The Bertz CT molecular complexity index is 502. The fraction of sp³-hybridized carbons (Fsp3) is 0.0909. The van der Waals surface area contributed by atoms with Gasteiger partial charge in [0.2, 0.25) is 5.88 Å². The molecule has 0 atom stereocenters. The number of hydrogen-bond acceptors (Lipinski definition) is 4. The number of nitrogens with two attached hydrogens (primary N) is 1. The quantitative estimate of drug-likeness (QED) is 0.787. The van der Waals surface area contributed by atoms with Gasteiger partial charge in [0.1, 0.15) is 6.33 Å². The van der Waals surface area contributed by atoms with Gasteiger partial charge in [-0.25, -0.2) is 14.4 Å². The predicted octanol–water partition coefficient (Wildman–Crippen LogP) is 2.30. The minimum atomic E-state index is -0.512. The highest BCUT2D eigenvalue weighted by molar-refractivity contribution is 5.50. The Labute approximate surface area is 91.9 Å². The first kappa shape index (κ1) is 10.4. The zero-order chi connectivity index (χ0) is 11.5. The number of anilines is 1. The summed E-state index contributed by atoms with van der Waals surface area (Å²) in [5.41, 5.74) is 6.71. The molecular weight excluding hydrogens is 209 g/mol. The van der Waals surface area contributed by atoms with Crippen molar-refractivity contribution in [1.29, 1.82) is 0 Å². The van der Waals surface area contributed by atoms with Gasteiger partial charge < -0.3 is 10.5 Å². The highest BCUT2D eigenvalue weighted by Gasteiger charge is 2.08. The highest BCUT2D eigenvalue weighted by atomic mass is 19.1. The Morgan fingerprint density at radius 2 is 2.19 bits per heavy atom. The molecule has 0 amide bonds. The standard InChI is InChI=1S/C11H10FN3O/c1-7-4-10(8(12)5-9(7)13)16-11-2-3-14-6-15-11/h2-6H,13H2,1H3. The van der Waals surface area contributed by atoms with Gasteiger partial charge in [-0.05, 0) is 18.6 Å². The zero-order valence-electron chi connectivity index (χ0n) is 8.64. The normalized spacial score (nSPS) is 10.1. The Balaban J connectivity index is 2.32. The van der Waals surface area contributed by atoms with Gasteiger partial charge in [-0.3, -0.25) is 0 Å². The summed E-state index contributed by atoms with van der Waals surface area (Å²) < 4.78 is 18.7. The molecule has 0 bridgehead atoms. The van der Waals surface area contributed by atoms with Crippen LogP contribution in [0.15, 0.2) is 30.7 Å². The van der Waals surface area contributed by atoms with Crippen LogP contribution in [0.1, 0.15) is 5.56 Å². The SMILES string of the molecule is Cc1cc(Oc2ccncn2)c(F)cc1N. The molecule has 16 heavy (non-hydrogen) atoms. The number of ether oxygens (including phenoxy) is 1. The molecular formula is C11H10FN3O. The summed E-state index contributed by atoms with van der Waals surface area (Å²) in [4.78, 5) is 7.57. The van der Waals surface area contributed by atoms with Crippen LogP contribution in [0.4, 0.5) is 10.1 Å². The lowest BCUT2D eigenvalue weighted by Crippen LogP contribution is -1.95. The summed E-state index contributed by atoms with van der Waals surface area (Å²) in [6.45, 7) is 1.78. The molecule has 1 aromatic carbocycles. The van der Waals surface area contributed by atoms with E-state index in [9.17, 15) is 4.39 Å². The van der Waals surface area contributed by atoms with Crippen LogP contribution in [-0.4, -0.2) is 9.97 Å². The summed E-state index contributed by atoms with van der Waals surface area (Å²) in [5, 5.41) is 0. The van der Waals surface area contributed by atoms with E-state index in [2.05, 4.69) is 9.97 Å². The van der Waals surface area contributed by atoms with Crippen molar-refractivity contribution in [2.24, 2.45) is 0 Å². The maximum absolute atomic E-state index is 13.5. The van der Waals surface area contributed by atoms with Crippen LogP contribution in [0.2, 0.25) is 0 Å². The van der Waals surface area contributed by atoms with E-state index < -0.39 is 5.82 Å². The molecule has 1 aromatic heterocycles. The number of aromatic nitrogens is 2. The number of rotatable bonds is 2. The molecule has 2 rings (SSSR count). The van der Waals surface area contributed by atoms with E-state index in [1.807, 2.05) is 0 Å². The summed E-state index contributed by atoms with van der Waals surface area (Å²) in [6, 6.07) is 4.31. The predicted molar refractivity (Wildman–Crippen MR) is 57.7 cm³/mol. The third-order valence-electron chi connectivity index (χ3n) is 2.09. The van der Waals surface area contributed by atoms with Crippen molar-refractivity contribution in [1.82, 2.24) is 9.97 Å². The molecule has 4 nitrogen and oxygen atoms in total. The van der Waals surface area contributed by atoms with Gasteiger partial charge in [0.25, 0.3) is 0 Å². The second-order valence-corrected chi connectivity index (χ2v) is 3.29. The molecule has 0 aliphatic heterocycles. The first-order valence-corrected chi connectivity index (χ1v) is 4.66. The molecule has 2 aromatic rings. The third kappa shape index (κ3) is 2.08. The molecule has 0 radical (unpaired) electrons. The average molecular weight is 219 g/mol. The minimum absolute atomic E-state index is 0.102. The van der Waals surface area contributed by atoms with Crippen LogP contribution in [-0.2, 0) is 0 Å². The average Bonchev–Trinajstić information content (AvgIpc) is 2.27. The van der Waals surface area contributed by atoms with Crippen LogP contribution in [0.5, 0.6) is 11.6 Å². The summed E-state index contributed by atoms with van der Waals surface area (Å²) in [5.74, 6) is -0.120.